The Morgan fingerprint density at radius 1 is 1.21 bits per heavy atom. The Hall–Kier alpha value is -2.28. The number of carbonyl (C=O) groups excluding carboxylic acids is 2. The highest BCUT2D eigenvalue weighted by atomic mass is 16.6. The molecule has 1 unspecified atom stereocenters. The number of methoxy groups -OCH3 is 1. The first-order chi connectivity index (χ1) is 11.5. The maximum atomic E-state index is 12.6. The summed E-state index contributed by atoms with van der Waals surface area (Å²) in [6.07, 6.45) is 1.46. The maximum absolute atomic E-state index is 12.6. The molecule has 0 aromatic carbocycles. The minimum Gasteiger partial charge on any atom is -0.494 e. The van der Waals surface area contributed by atoms with E-state index in [4.69, 9.17) is 18.9 Å². The van der Waals surface area contributed by atoms with Gasteiger partial charge >= 0.3 is 5.97 Å². The second-order valence-corrected chi connectivity index (χ2v) is 5.56. The van der Waals surface area contributed by atoms with Gasteiger partial charge in [0.2, 0.25) is 0 Å². The summed E-state index contributed by atoms with van der Waals surface area (Å²) in [5, 5.41) is 3.08. The fourth-order valence-electron chi connectivity index (χ4n) is 2.85. The average molecular weight is 337 g/mol. The number of hydrogen-bond donors (Lipinski definition) is 1. The van der Waals surface area contributed by atoms with Gasteiger partial charge in [-0.2, -0.15) is 0 Å². The zero-order chi connectivity index (χ0) is 17.7. The third-order valence-corrected chi connectivity index (χ3v) is 3.83. The molecule has 0 aromatic rings. The van der Waals surface area contributed by atoms with Gasteiger partial charge in [-0.25, -0.2) is 4.79 Å². The van der Waals surface area contributed by atoms with Crippen molar-refractivity contribution in [2.45, 2.75) is 20.8 Å². The summed E-state index contributed by atoms with van der Waals surface area (Å²) in [4.78, 5) is 24.8. The van der Waals surface area contributed by atoms with Gasteiger partial charge in [0.1, 0.15) is 31.8 Å². The van der Waals surface area contributed by atoms with Crippen molar-refractivity contribution in [3.63, 3.8) is 0 Å². The van der Waals surface area contributed by atoms with Crippen LogP contribution in [0.15, 0.2) is 34.6 Å². The minimum absolute atomic E-state index is 0.132. The third-order valence-electron chi connectivity index (χ3n) is 3.83. The lowest BCUT2D eigenvalue weighted by Gasteiger charge is -2.32. The largest absolute Gasteiger partial charge is 0.494 e. The number of dihydropyridines is 1. The van der Waals surface area contributed by atoms with Gasteiger partial charge in [0.15, 0.2) is 5.78 Å². The fourth-order valence-corrected chi connectivity index (χ4v) is 2.85. The van der Waals surface area contributed by atoms with E-state index in [0.717, 1.165) is 0 Å². The van der Waals surface area contributed by atoms with Crippen LogP contribution >= 0.6 is 0 Å². The molecule has 0 bridgehead atoms. The lowest BCUT2D eigenvalue weighted by molar-refractivity contribution is -0.141. The molecule has 7 heteroatoms. The molecule has 0 fully saturated rings. The van der Waals surface area contributed by atoms with Gasteiger partial charge in [-0.05, 0) is 20.8 Å². The second-order valence-electron chi connectivity index (χ2n) is 5.56. The van der Waals surface area contributed by atoms with Crippen molar-refractivity contribution in [2.75, 3.05) is 33.5 Å². The lowest BCUT2D eigenvalue weighted by Crippen LogP contribution is -2.35. The molecule has 2 aliphatic heterocycles. The van der Waals surface area contributed by atoms with Crippen molar-refractivity contribution in [1.29, 1.82) is 0 Å². The quantitative estimate of drug-likeness (QED) is 0.580. The van der Waals surface area contributed by atoms with Crippen molar-refractivity contribution < 1.29 is 28.5 Å². The van der Waals surface area contributed by atoms with Crippen LogP contribution in [0.5, 0.6) is 0 Å². The summed E-state index contributed by atoms with van der Waals surface area (Å²) in [5.41, 5.74) is 2.13. The van der Waals surface area contributed by atoms with Crippen LogP contribution in [0.3, 0.4) is 0 Å². The zero-order valence-electron chi connectivity index (χ0n) is 14.4. The molecule has 2 aliphatic rings. The number of ketones is 1. The molecule has 0 spiro atoms. The van der Waals surface area contributed by atoms with Crippen LogP contribution in [-0.2, 0) is 28.5 Å². The monoisotopic (exact) mass is 337 g/mol. The highest BCUT2D eigenvalue weighted by Crippen LogP contribution is 2.37. The number of ether oxygens (including phenoxy) is 4. The maximum Gasteiger partial charge on any atom is 0.336 e. The summed E-state index contributed by atoms with van der Waals surface area (Å²) >= 11 is 0. The highest BCUT2D eigenvalue weighted by molar-refractivity contribution is 6.01. The number of Topliss-reactive ketones (excluding diaryl/α,β-unsaturated/α-hetero) is 1. The molecule has 0 aromatic heterocycles. The molecule has 7 nitrogen and oxygen atoms in total. The molecule has 1 N–H and O–H groups in total. The molecule has 0 saturated carbocycles. The second kappa shape index (κ2) is 8.01. The molecule has 0 amide bonds. The van der Waals surface area contributed by atoms with E-state index in [1.165, 1.54) is 20.3 Å². The van der Waals surface area contributed by atoms with Gasteiger partial charge in [0.05, 0.1) is 18.1 Å². The van der Waals surface area contributed by atoms with E-state index in [0.29, 0.717) is 48.1 Å². The fraction of sp³-hybridized carbons (Fsp3) is 0.529. The smallest absolute Gasteiger partial charge is 0.336 e. The van der Waals surface area contributed by atoms with Gasteiger partial charge in [-0.15, -0.1) is 0 Å². The molecule has 132 valence electrons. The van der Waals surface area contributed by atoms with E-state index in [1.807, 2.05) is 0 Å². The van der Waals surface area contributed by atoms with E-state index in [2.05, 4.69) is 5.32 Å². The number of allylic oxidation sites excluding steroid dienone is 3. The van der Waals surface area contributed by atoms with E-state index >= 15 is 0 Å². The first kappa shape index (κ1) is 18.1. The van der Waals surface area contributed by atoms with Crippen LogP contribution in [0.1, 0.15) is 20.8 Å². The molecule has 2 heterocycles. The van der Waals surface area contributed by atoms with Gasteiger partial charge in [0, 0.05) is 24.1 Å². The van der Waals surface area contributed by atoms with Gasteiger partial charge < -0.3 is 24.3 Å². The van der Waals surface area contributed by atoms with Crippen molar-refractivity contribution in [1.82, 2.24) is 5.32 Å². The van der Waals surface area contributed by atoms with Crippen LogP contribution in [-0.4, -0.2) is 45.3 Å². The van der Waals surface area contributed by atoms with Crippen molar-refractivity contribution in [2.24, 2.45) is 5.92 Å². The Balaban J connectivity index is 2.40. The first-order valence-corrected chi connectivity index (χ1v) is 7.77. The summed E-state index contributed by atoms with van der Waals surface area (Å²) < 4.78 is 21.1. The Labute approximate surface area is 141 Å². The van der Waals surface area contributed by atoms with E-state index in [1.54, 1.807) is 13.8 Å². The predicted octanol–water partition coefficient (Wildman–Crippen LogP) is 1.42. The van der Waals surface area contributed by atoms with E-state index in [9.17, 15) is 9.59 Å². The molecular weight excluding hydrogens is 314 g/mol. The normalized spacial score (nSPS) is 20.7. The molecule has 0 radical (unpaired) electrons. The first-order valence-electron chi connectivity index (χ1n) is 7.77. The number of rotatable bonds is 6. The van der Waals surface area contributed by atoms with Crippen LogP contribution < -0.4 is 5.32 Å². The van der Waals surface area contributed by atoms with E-state index < -0.39 is 11.9 Å². The van der Waals surface area contributed by atoms with Crippen LogP contribution in [0.25, 0.3) is 0 Å². The molecule has 24 heavy (non-hydrogen) atoms. The number of hydrogen-bond acceptors (Lipinski definition) is 7. The number of nitrogens with one attached hydrogen (secondary N) is 1. The minimum atomic E-state index is -0.640. The Bertz CT molecular complexity index is 617. The van der Waals surface area contributed by atoms with Crippen molar-refractivity contribution in [3.05, 3.63) is 34.6 Å². The third kappa shape index (κ3) is 3.79. The Morgan fingerprint density at radius 2 is 1.92 bits per heavy atom. The summed E-state index contributed by atoms with van der Waals surface area (Å²) in [7, 11) is 1.53. The molecule has 1 atom stereocenters. The van der Waals surface area contributed by atoms with Crippen molar-refractivity contribution in [3.8, 4) is 0 Å². The standard InChI is InChI=1S/C17H23NO6/c1-10-14(12(3)19)16(13-9-22-6-8-23-13)15(11(2)18-10)17(20)24-7-5-21-4/h9,16,18H,5-8H2,1-4H3. The number of esters is 1. The van der Waals surface area contributed by atoms with Crippen molar-refractivity contribution >= 4 is 11.8 Å². The van der Waals surface area contributed by atoms with Gasteiger partial charge in [-0.1, -0.05) is 0 Å². The highest BCUT2D eigenvalue weighted by Gasteiger charge is 2.39. The summed E-state index contributed by atoms with van der Waals surface area (Å²) in [5.74, 6) is -0.859. The average Bonchev–Trinajstić information content (AvgIpc) is 2.54. The summed E-state index contributed by atoms with van der Waals surface area (Å²) in [6.45, 7) is 6.26. The predicted molar refractivity (Wildman–Crippen MR) is 85.5 cm³/mol. The molecule has 0 aliphatic carbocycles. The van der Waals surface area contributed by atoms with Crippen LogP contribution in [0.2, 0.25) is 0 Å². The Morgan fingerprint density at radius 3 is 2.50 bits per heavy atom. The zero-order valence-corrected chi connectivity index (χ0v) is 14.4. The number of carbonyl (C=O) groups is 2. The Kier molecular flexibility index (Phi) is 6.03. The topological polar surface area (TPSA) is 83.1 Å². The van der Waals surface area contributed by atoms with Gasteiger partial charge in [-0.3, -0.25) is 4.79 Å². The lowest BCUT2D eigenvalue weighted by atomic mass is 9.82. The summed E-state index contributed by atoms with van der Waals surface area (Å²) in [6, 6.07) is 0. The van der Waals surface area contributed by atoms with Gasteiger partial charge in [0.25, 0.3) is 0 Å². The molecular formula is C17H23NO6. The SMILES string of the molecule is COCCOC(=O)C1=C(C)NC(C)=C(C(C)=O)C1C1=COCCO1. The molecule has 0 saturated heterocycles. The van der Waals surface area contributed by atoms with E-state index in [-0.39, 0.29) is 12.4 Å². The molecule has 2 rings (SSSR count). The van der Waals surface area contributed by atoms with Crippen LogP contribution in [0.4, 0.5) is 0 Å². The van der Waals surface area contributed by atoms with Crippen LogP contribution in [0, 0.1) is 5.92 Å².